The molecular weight excluding hydrogens is 285 g/mol. The molecule has 0 aliphatic carbocycles. The van der Waals surface area contributed by atoms with Crippen molar-refractivity contribution in [2.45, 2.75) is 39.2 Å². The van der Waals surface area contributed by atoms with Gasteiger partial charge in [-0.1, -0.05) is 13.8 Å². The lowest BCUT2D eigenvalue weighted by atomic mass is 10.1. The number of carbonyl (C=O) groups is 2. The molecule has 1 heterocycles. The van der Waals surface area contributed by atoms with Gasteiger partial charge in [-0.25, -0.2) is 4.39 Å². The van der Waals surface area contributed by atoms with Crippen LogP contribution in [0.2, 0.25) is 0 Å². The summed E-state index contributed by atoms with van der Waals surface area (Å²) in [6, 6.07) is 4.24. The van der Waals surface area contributed by atoms with Crippen LogP contribution in [0.1, 0.15) is 33.1 Å². The topological polar surface area (TPSA) is 70.2 Å². The normalized spacial score (nSPS) is 18.3. The zero-order chi connectivity index (χ0) is 16.1. The average Bonchev–Trinajstić information content (AvgIpc) is 2.44. The molecule has 1 aliphatic rings. The third-order valence-electron chi connectivity index (χ3n) is 3.59. The fraction of sp³-hybridized carbons (Fsp3) is 0.500. The Morgan fingerprint density at radius 2 is 2.14 bits per heavy atom. The fourth-order valence-corrected chi connectivity index (χ4v) is 2.28. The first-order valence-electron chi connectivity index (χ1n) is 7.59. The molecule has 2 amide bonds. The van der Waals surface area contributed by atoms with Crippen molar-refractivity contribution in [3.8, 4) is 0 Å². The number of nitrogens with one attached hydrogen (secondary N) is 3. The highest BCUT2D eigenvalue weighted by Gasteiger charge is 2.26. The maximum atomic E-state index is 14.0. The maximum absolute atomic E-state index is 14.0. The molecular formula is C16H22FN3O2. The minimum atomic E-state index is -0.503. The van der Waals surface area contributed by atoms with Gasteiger partial charge in [-0.3, -0.25) is 14.9 Å². The van der Waals surface area contributed by atoms with Gasteiger partial charge in [0.15, 0.2) is 0 Å². The first-order valence-corrected chi connectivity index (χ1v) is 7.59. The monoisotopic (exact) mass is 307 g/mol. The van der Waals surface area contributed by atoms with E-state index in [2.05, 4.69) is 29.8 Å². The Kier molecular flexibility index (Phi) is 5.35. The lowest BCUT2D eigenvalue weighted by molar-refractivity contribution is -0.133. The predicted molar refractivity (Wildman–Crippen MR) is 84.1 cm³/mol. The van der Waals surface area contributed by atoms with E-state index in [1.165, 1.54) is 6.07 Å². The molecule has 3 N–H and O–H groups in total. The molecule has 0 bridgehead atoms. The van der Waals surface area contributed by atoms with E-state index in [9.17, 15) is 14.0 Å². The Balaban J connectivity index is 1.94. The van der Waals surface area contributed by atoms with E-state index in [4.69, 9.17) is 0 Å². The van der Waals surface area contributed by atoms with E-state index in [-0.39, 0.29) is 17.6 Å². The molecule has 120 valence electrons. The van der Waals surface area contributed by atoms with Crippen molar-refractivity contribution in [1.82, 2.24) is 5.32 Å². The van der Waals surface area contributed by atoms with Gasteiger partial charge < -0.3 is 10.6 Å². The second kappa shape index (κ2) is 7.24. The molecule has 0 spiro atoms. The third-order valence-corrected chi connectivity index (χ3v) is 3.59. The standard InChI is InChI=1S/C16H22FN3O2/c1-10(2)7-8-18-13-4-3-11(9-12(13)17)19-14-5-6-15(21)20-16(14)22/h3-4,9-10,14,18-19H,5-8H2,1-2H3,(H,20,21,22). The number of piperidine rings is 1. The van der Waals surface area contributed by atoms with Crippen molar-refractivity contribution in [3.63, 3.8) is 0 Å². The summed E-state index contributed by atoms with van der Waals surface area (Å²) in [5.41, 5.74) is 0.982. The molecule has 1 aromatic rings. The van der Waals surface area contributed by atoms with Gasteiger partial charge in [0.2, 0.25) is 11.8 Å². The van der Waals surface area contributed by atoms with Crippen LogP contribution in [0, 0.1) is 11.7 Å². The zero-order valence-corrected chi connectivity index (χ0v) is 12.9. The number of amides is 2. The Labute approximate surface area is 129 Å². The highest BCUT2D eigenvalue weighted by atomic mass is 19.1. The van der Waals surface area contributed by atoms with Gasteiger partial charge in [0.05, 0.1) is 5.69 Å². The van der Waals surface area contributed by atoms with Crippen molar-refractivity contribution in [2.24, 2.45) is 5.92 Å². The van der Waals surface area contributed by atoms with Crippen LogP contribution in [0.3, 0.4) is 0 Å². The molecule has 22 heavy (non-hydrogen) atoms. The molecule has 0 aromatic heterocycles. The number of imide groups is 1. The number of anilines is 2. The van der Waals surface area contributed by atoms with Crippen LogP contribution in [0.15, 0.2) is 18.2 Å². The quantitative estimate of drug-likeness (QED) is 0.706. The van der Waals surface area contributed by atoms with Crippen molar-refractivity contribution < 1.29 is 14.0 Å². The highest BCUT2D eigenvalue weighted by Crippen LogP contribution is 2.21. The van der Waals surface area contributed by atoms with Gasteiger partial charge in [-0.05, 0) is 37.0 Å². The van der Waals surface area contributed by atoms with Gasteiger partial charge in [-0.15, -0.1) is 0 Å². The first-order chi connectivity index (χ1) is 10.5. The Morgan fingerprint density at radius 1 is 1.36 bits per heavy atom. The molecule has 1 fully saturated rings. The van der Waals surface area contributed by atoms with Crippen LogP contribution >= 0.6 is 0 Å². The number of hydrogen-bond acceptors (Lipinski definition) is 4. The van der Waals surface area contributed by atoms with Gasteiger partial charge in [0.25, 0.3) is 0 Å². The van der Waals surface area contributed by atoms with Crippen LogP contribution in [-0.2, 0) is 9.59 Å². The first kappa shape index (κ1) is 16.3. The summed E-state index contributed by atoms with van der Waals surface area (Å²) >= 11 is 0. The molecule has 1 atom stereocenters. The van der Waals surface area contributed by atoms with Crippen molar-refractivity contribution in [3.05, 3.63) is 24.0 Å². The number of halogens is 1. The lowest BCUT2D eigenvalue weighted by Crippen LogP contribution is -2.47. The minimum absolute atomic E-state index is 0.265. The minimum Gasteiger partial charge on any atom is -0.383 e. The summed E-state index contributed by atoms with van der Waals surface area (Å²) in [6.07, 6.45) is 1.68. The molecule has 0 radical (unpaired) electrons. The van der Waals surface area contributed by atoms with E-state index in [1.54, 1.807) is 12.1 Å². The van der Waals surface area contributed by atoms with Crippen LogP contribution in [0.4, 0.5) is 15.8 Å². The molecule has 1 saturated heterocycles. The lowest BCUT2D eigenvalue weighted by Gasteiger charge is -2.23. The summed E-state index contributed by atoms with van der Waals surface area (Å²) in [7, 11) is 0. The van der Waals surface area contributed by atoms with Crippen LogP contribution in [0.25, 0.3) is 0 Å². The van der Waals surface area contributed by atoms with Crippen LogP contribution in [0.5, 0.6) is 0 Å². The molecule has 0 saturated carbocycles. The zero-order valence-electron chi connectivity index (χ0n) is 12.9. The van der Waals surface area contributed by atoms with Gasteiger partial charge in [0, 0.05) is 18.7 Å². The van der Waals surface area contributed by atoms with Crippen LogP contribution < -0.4 is 16.0 Å². The van der Waals surface area contributed by atoms with E-state index in [1.807, 2.05) is 0 Å². The number of carbonyl (C=O) groups excluding carboxylic acids is 2. The highest BCUT2D eigenvalue weighted by molar-refractivity contribution is 6.01. The van der Waals surface area contributed by atoms with E-state index in [0.29, 0.717) is 36.7 Å². The molecule has 1 aromatic carbocycles. The third kappa shape index (κ3) is 4.44. The van der Waals surface area contributed by atoms with Gasteiger partial charge >= 0.3 is 0 Å². The van der Waals surface area contributed by atoms with E-state index in [0.717, 1.165) is 6.42 Å². The summed E-state index contributed by atoms with van der Waals surface area (Å²) in [5.74, 6) is -0.431. The van der Waals surface area contributed by atoms with E-state index < -0.39 is 6.04 Å². The molecule has 6 heteroatoms. The molecule has 2 rings (SSSR count). The van der Waals surface area contributed by atoms with Crippen LogP contribution in [-0.4, -0.2) is 24.4 Å². The molecule has 1 aliphatic heterocycles. The van der Waals surface area contributed by atoms with Gasteiger partial charge in [0.1, 0.15) is 11.9 Å². The summed E-state index contributed by atoms with van der Waals surface area (Å²) < 4.78 is 14.0. The number of benzene rings is 1. The Hall–Kier alpha value is -2.11. The summed E-state index contributed by atoms with van der Waals surface area (Å²) in [5, 5.41) is 8.29. The van der Waals surface area contributed by atoms with E-state index >= 15 is 0 Å². The Bertz CT molecular complexity index is 560. The summed E-state index contributed by atoms with van der Waals surface area (Å²) in [4.78, 5) is 22.8. The number of rotatable bonds is 6. The SMILES string of the molecule is CC(C)CCNc1ccc(NC2CCC(=O)NC2=O)cc1F. The second-order valence-electron chi connectivity index (χ2n) is 5.95. The van der Waals surface area contributed by atoms with Crippen molar-refractivity contribution >= 4 is 23.2 Å². The molecule has 5 nitrogen and oxygen atoms in total. The largest absolute Gasteiger partial charge is 0.383 e. The molecule has 1 unspecified atom stereocenters. The summed E-state index contributed by atoms with van der Waals surface area (Å²) in [6.45, 7) is 4.95. The number of hydrogen-bond donors (Lipinski definition) is 3. The second-order valence-corrected chi connectivity index (χ2v) is 5.95. The predicted octanol–water partition coefficient (Wildman–Crippen LogP) is 2.50. The van der Waals surface area contributed by atoms with Crippen molar-refractivity contribution in [1.29, 1.82) is 0 Å². The Morgan fingerprint density at radius 3 is 2.77 bits per heavy atom. The maximum Gasteiger partial charge on any atom is 0.249 e. The average molecular weight is 307 g/mol. The van der Waals surface area contributed by atoms with Crippen molar-refractivity contribution in [2.75, 3.05) is 17.2 Å². The van der Waals surface area contributed by atoms with Gasteiger partial charge in [-0.2, -0.15) is 0 Å². The smallest absolute Gasteiger partial charge is 0.249 e. The fourth-order valence-electron chi connectivity index (χ4n) is 2.28.